The number of hydrogen-bond acceptors (Lipinski definition) is 9. The third kappa shape index (κ3) is 5.42. The maximum Gasteiger partial charge on any atom is 0.339 e. The fraction of sp³-hybridized carbons (Fsp3) is 0.500. The van der Waals surface area contributed by atoms with Crippen LogP contribution in [0.1, 0.15) is 12.8 Å². The monoisotopic (exact) mass is 612 g/mol. The number of sulfonamides is 1. The molecule has 2 N–H and O–H groups in total. The van der Waals surface area contributed by atoms with Gasteiger partial charge in [-0.3, -0.25) is 10.2 Å². The molecule has 39 heavy (non-hydrogen) atoms. The molecule has 1 aromatic heterocycles. The van der Waals surface area contributed by atoms with Gasteiger partial charge in [-0.2, -0.15) is 4.31 Å². The summed E-state index contributed by atoms with van der Waals surface area (Å²) in [6, 6.07) is 6.10. The van der Waals surface area contributed by atoms with Crippen molar-refractivity contribution in [2.45, 2.75) is 23.1 Å². The Labute approximate surface area is 240 Å². The van der Waals surface area contributed by atoms with E-state index < -0.39 is 16.1 Å². The number of nitrogens with zero attached hydrogens (tertiary/aromatic N) is 4. The zero-order valence-corrected chi connectivity index (χ0v) is 24.3. The van der Waals surface area contributed by atoms with Crippen LogP contribution in [0.5, 0.6) is 0 Å². The van der Waals surface area contributed by atoms with Crippen molar-refractivity contribution in [2.75, 3.05) is 58.4 Å². The van der Waals surface area contributed by atoms with Gasteiger partial charge in [-0.15, -0.1) is 11.3 Å². The number of carbonyl (C=O) groups excluding carboxylic acids is 2. The summed E-state index contributed by atoms with van der Waals surface area (Å²) in [5.41, 5.74) is 4.31. The Bertz CT molecular complexity index is 1430. The van der Waals surface area contributed by atoms with Crippen molar-refractivity contribution in [3.63, 3.8) is 0 Å². The molecule has 15 heteroatoms. The highest BCUT2D eigenvalue weighted by Gasteiger charge is 2.41. The largest absolute Gasteiger partial charge is 0.378 e. The molecule has 2 fully saturated rings. The Morgan fingerprint density at radius 3 is 2.74 bits per heavy atom. The van der Waals surface area contributed by atoms with E-state index in [1.54, 1.807) is 50.8 Å². The van der Waals surface area contributed by atoms with E-state index in [-0.39, 0.29) is 42.2 Å². The number of urea groups is 1. The summed E-state index contributed by atoms with van der Waals surface area (Å²) in [5.74, 6) is 0.653. The molecule has 210 valence electrons. The minimum atomic E-state index is -3.84. The highest BCUT2D eigenvalue weighted by molar-refractivity contribution is 8.03. The summed E-state index contributed by atoms with van der Waals surface area (Å²) in [6.45, 7) is 2.76. The van der Waals surface area contributed by atoms with Crippen LogP contribution >= 0.6 is 34.7 Å². The van der Waals surface area contributed by atoms with Crippen molar-refractivity contribution >= 4 is 66.7 Å². The van der Waals surface area contributed by atoms with Gasteiger partial charge >= 0.3 is 6.03 Å². The fourth-order valence-electron chi connectivity index (χ4n) is 5.22. The number of rotatable bonds is 4. The van der Waals surface area contributed by atoms with Gasteiger partial charge < -0.3 is 19.9 Å². The molecule has 0 radical (unpaired) electrons. The summed E-state index contributed by atoms with van der Waals surface area (Å²) in [7, 11) is -3.84. The van der Waals surface area contributed by atoms with Crippen LogP contribution in [0.25, 0.3) is 10.1 Å². The van der Waals surface area contributed by atoms with Crippen LogP contribution in [0.4, 0.5) is 4.79 Å². The first-order valence-electron chi connectivity index (χ1n) is 12.8. The number of ether oxygens (including phenoxy) is 1. The maximum atomic E-state index is 13.7. The van der Waals surface area contributed by atoms with Crippen LogP contribution in [0.3, 0.4) is 0 Å². The maximum absolute atomic E-state index is 13.7. The minimum absolute atomic E-state index is 0.0389. The van der Waals surface area contributed by atoms with Gasteiger partial charge in [0.05, 0.1) is 25.1 Å². The number of carbonyl (C=O) groups is 2. The smallest absolute Gasteiger partial charge is 0.339 e. The molecule has 0 aliphatic carbocycles. The van der Waals surface area contributed by atoms with Gasteiger partial charge in [0.15, 0.2) is 0 Å². The highest BCUT2D eigenvalue weighted by Crippen LogP contribution is 2.34. The molecule has 6 rings (SSSR count). The molecule has 1 unspecified atom stereocenters. The van der Waals surface area contributed by atoms with Crippen molar-refractivity contribution in [2.24, 2.45) is 0 Å². The summed E-state index contributed by atoms with van der Waals surface area (Å²) in [4.78, 5) is 30.3. The van der Waals surface area contributed by atoms with E-state index in [1.807, 2.05) is 0 Å². The Morgan fingerprint density at radius 2 is 1.92 bits per heavy atom. The quantitative estimate of drug-likeness (QED) is 0.541. The number of thioether (sulfide) groups is 1. The van der Waals surface area contributed by atoms with E-state index in [1.165, 1.54) is 15.6 Å². The highest BCUT2D eigenvalue weighted by atomic mass is 35.5. The Hall–Kier alpha value is -2.23. The molecule has 5 heterocycles. The lowest BCUT2D eigenvalue weighted by Gasteiger charge is -2.43. The van der Waals surface area contributed by atoms with Gasteiger partial charge in [0.1, 0.15) is 9.24 Å². The number of benzene rings is 1. The number of amides is 3. The number of hydrogen-bond donors (Lipinski definition) is 2. The second-order valence-corrected chi connectivity index (χ2v) is 14.4. The Morgan fingerprint density at radius 1 is 1.10 bits per heavy atom. The van der Waals surface area contributed by atoms with Crippen molar-refractivity contribution in [3.05, 3.63) is 40.0 Å². The third-order valence-electron chi connectivity index (χ3n) is 7.35. The standard InChI is InChI=1S/C24H29ClN6O5S3/c25-17-2-1-16-11-22(38-20(16)12-17)39(34,35)29-5-6-30(18(14-29)13-21(32)28-7-9-36-10-8-28)24(33)31-4-3-19-23(27-31)37-15-26-19/h1-2,11-12,18,26-27H,3-10,13-15H2. The fourth-order valence-corrected chi connectivity index (χ4v) is 9.43. The van der Waals surface area contributed by atoms with E-state index in [4.69, 9.17) is 16.3 Å². The number of fused-ring (bicyclic) bond motifs is 1. The lowest BCUT2D eigenvalue weighted by molar-refractivity contribution is -0.136. The Balaban J connectivity index is 1.23. The molecular weight excluding hydrogens is 584 g/mol. The first-order valence-corrected chi connectivity index (χ1v) is 16.4. The molecule has 2 saturated heterocycles. The van der Waals surface area contributed by atoms with Gasteiger partial charge in [0.25, 0.3) is 10.0 Å². The topological polar surface area (TPSA) is 115 Å². The van der Waals surface area contributed by atoms with Gasteiger partial charge in [0.2, 0.25) is 5.91 Å². The number of morpholine rings is 1. The van der Waals surface area contributed by atoms with Crippen molar-refractivity contribution in [1.29, 1.82) is 0 Å². The zero-order chi connectivity index (χ0) is 27.1. The molecule has 4 aliphatic rings. The van der Waals surface area contributed by atoms with Gasteiger partial charge in [-0.05, 0) is 23.6 Å². The van der Waals surface area contributed by atoms with Gasteiger partial charge in [-0.1, -0.05) is 29.4 Å². The average molecular weight is 613 g/mol. The normalized spacial score (nSPS) is 22.6. The minimum Gasteiger partial charge on any atom is -0.378 e. The van der Waals surface area contributed by atoms with Crippen LogP contribution in [0, 0.1) is 0 Å². The van der Waals surface area contributed by atoms with Crippen LogP contribution in [0.2, 0.25) is 5.02 Å². The molecule has 0 saturated carbocycles. The first kappa shape index (κ1) is 27.0. The second-order valence-electron chi connectivity index (χ2n) is 9.72. The predicted octanol–water partition coefficient (Wildman–Crippen LogP) is 2.27. The van der Waals surface area contributed by atoms with E-state index >= 15 is 0 Å². The zero-order valence-electron chi connectivity index (χ0n) is 21.1. The molecule has 0 spiro atoms. The van der Waals surface area contributed by atoms with Gasteiger partial charge in [0, 0.05) is 67.5 Å². The van der Waals surface area contributed by atoms with Crippen LogP contribution in [-0.2, 0) is 19.6 Å². The lowest BCUT2D eigenvalue weighted by atomic mass is 10.1. The molecule has 4 aliphatic heterocycles. The van der Waals surface area contributed by atoms with E-state index in [0.29, 0.717) is 44.3 Å². The number of thiophene rings is 1. The summed E-state index contributed by atoms with van der Waals surface area (Å²) >= 11 is 8.89. The summed E-state index contributed by atoms with van der Waals surface area (Å²) in [5, 5.41) is 7.16. The van der Waals surface area contributed by atoms with Gasteiger partial charge in [-0.25, -0.2) is 18.2 Å². The number of piperazine rings is 1. The van der Waals surface area contributed by atoms with Crippen LogP contribution in [0.15, 0.2) is 39.2 Å². The molecule has 0 bridgehead atoms. The van der Waals surface area contributed by atoms with Crippen molar-refractivity contribution in [1.82, 2.24) is 29.9 Å². The molecule has 3 amide bonds. The number of halogens is 1. The summed E-state index contributed by atoms with van der Waals surface area (Å²) in [6.07, 6.45) is 0.751. The van der Waals surface area contributed by atoms with E-state index in [0.717, 1.165) is 26.7 Å². The number of nitrogens with one attached hydrogen (secondary N) is 2. The van der Waals surface area contributed by atoms with E-state index in [9.17, 15) is 18.0 Å². The molecule has 2 aromatic rings. The summed E-state index contributed by atoms with van der Waals surface area (Å²) < 4.78 is 35.2. The SMILES string of the molecule is O=C(CC1CN(S(=O)(=O)c2cc3ccc(Cl)cc3s2)CCN1C(=O)N1CCC2=C(N1)SCN2)N1CCOCC1. The van der Waals surface area contributed by atoms with Crippen LogP contribution in [-0.4, -0.2) is 104 Å². The third-order valence-corrected chi connectivity index (χ3v) is 11.9. The second kappa shape index (κ2) is 11.0. The molecule has 1 atom stereocenters. The molecule has 1 aromatic carbocycles. The number of hydrazine groups is 1. The molecule has 11 nitrogen and oxygen atoms in total. The van der Waals surface area contributed by atoms with Crippen LogP contribution < -0.4 is 10.7 Å². The first-order chi connectivity index (χ1) is 18.8. The van der Waals surface area contributed by atoms with Crippen molar-refractivity contribution in [3.8, 4) is 0 Å². The predicted molar refractivity (Wildman–Crippen MR) is 151 cm³/mol. The van der Waals surface area contributed by atoms with Crippen molar-refractivity contribution < 1.29 is 22.7 Å². The lowest BCUT2D eigenvalue weighted by Crippen LogP contribution is -2.62. The van der Waals surface area contributed by atoms with E-state index in [2.05, 4.69) is 10.7 Å². The average Bonchev–Trinajstić information content (AvgIpc) is 3.60. The molecular formula is C24H29ClN6O5S3. The Kier molecular flexibility index (Phi) is 7.59.